The van der Waals surface area contributed by atoms with Gasteiger partial charge in [-0.25, -0.2) is 0 Å². The molecule has 0 bridgehead atoms. The van der Waals surface area contributed by atoms with Crippen molar-refractivity contribution in [3.05, 3.63) is 65.3 Å². The minimum absolute atomic E-state index is 0.558. The first-order valence-electron chi connectivity index (χ1n) is 8.28. The normalized spacial score (nSPS) is 10.4. The summed E-state index contributed by atoms with van der Waals surface area (Å²) in [5.74, 6) is 1.80. The summed E-state index contributed by atoms with van der Waals surface area (Å²) in [4.78, 5) is 6.64. The molecular weight excluding hydrogens is 350 g/mol. The Hall–Kier alpha value is -2.86. The molecule has 0 amide bonds. The van der Waals surface area contributed by atoms with Crippen molar-refractivity contribution in [3.63, 3.8) is 0 Å². The first-order chi connectivity index (χ1) is 12.7. The molecule has 0 aliphatic heterocycles. The molecule has 0 aliphatic carbocycles. The van der Waals surface area contributed by atoms with Crippen molar-refractivity contribution in [2.45, 2.75) is 13.5 Å². The zero-order valence-electron chi connectivity index (χ0n) is 14.7. The molecule has 0 atom stereocenters. The minimum atomic E-state index is 0.558. The lowest BCUT2D eigenvalue weighted by molar-refractivity contribution is 0.417. The lowest BCUT2D eigenvalue weighted by Gasteiger charge is -2.21. The number of anilines is 3. The Bertz CT molecular complexity index is 860. The summed E-state index contributed by atoms with van der Waals surface area (Å²) in [6.45, 7) is 3.54. The van der Waals surface area contributed by atoms with Gasteiger partial charge in [-0.15, -0.1) is 5.10 Å². The van der Waals surface area contributed by atoms with Crippen LogP contribution in [-0.2, 0) is 6.54 Å². The molecule has 0 aliphatic rings. The van der Waals surface area contributed by atoms with Gasteiger partial charge in [-0.2, -0.15) is 10.1 Å². The maximum absolute atomic E-state index is 6.08. The van der Waals surface area contributed by atoms with E-state index in [-0.39, 0.29) is 0 Å². The second kappa shape index (κ2) is 8.49. The number of aromatic nitrogens is 3. The van der Waals surface area contributed by atoms with Crippen LogP contribution in [0.15, 0.2) is 54.7 Å². The highest BCUT2D eigenvalue weighted by atomic mass is 35.5. The summed E-state index contributed by atoms with van der Waals surface area (Å²) >= 11 is 6.08. The van der Waals surface area contributed by atoms with Crippen molar-refractivity contribution in [3.8, 4) is 5.75 Å². The fraction of sp³-hybridized carbons (Fsp3) is 0.211. The Labute approximate surface area is 157 Å². The molecule has 6 nitrogen and oxygen atoms in total. The average Bonchev–Trinajstić information content (AvgIpc) is 2.67. The van der Waals surface area contributed by atoms with E-state index < -0.39 is 0 Å². The van der Waals surface area contributed by atoms with Crippen LogP contribution in [0, 0.1) is 0 Å². The number of hydrogen-bond acceptors (Lipinski definition) is 6. The third kappa shape index (κ3) is 4.40. The number of nitrogens with zero attached hydrogens (tertiary/aromatic N) is 4. The minimum Gasteiger partial charge on any atom is -0.495 e. The van der Waals surface area contributed by atoms with E-state index in [4.69, 9.17) is 16.3 Å². The molecule has 2 aromatic carbocycles. The topological polar surface area (TPSA) is 63.2 Å². The second-order valence-electron chi connectivity index (χ2n) is 5.61. The van der Waals surface area contributed by atoms with Gasteiger partial charge in [0.1, 0.15) is 5.75 Å². The number of methoxy groups -OCH3 is 1. The van der Waals surface area contributed by atoms with Gasteiger partial charge in [-0.3, -0.25) is 0 Å². The molecule has 7 heteroatoms. The van der Waals surface area contributed by atoms with Crippen molar-refractivity contribution in [2.24, 2.45) is 0 Å². The summed E-state index contributed by atoms with van der Waals surface area (Å²) in [5.41, 5.74) is 1.91. The molecule has 134 valence electrons. The smallest absolute Gasteiger partial charge is 0.247 e. The monoisotopic (exact) mass is 369 g/mol. The van der Waals surface area contributed by atoms with Crippen LogP contribution in [0.2, 0.25) is 5.02 Å². The first kappa shape index (κ1) is 17.9. The molecule has 0 unspecified atom stereocenters. The van der Waals surface area contributed by atoms with Crippen LogP contribution in [0.25, 0.3) is 0 Å². The number of rotatable bonds is 7. The highest BCUT2D eigenvalue weighted by molar-refractivity contribution is 6.31. The third-order valence-corrected chi connectivity index (χ3v) is 4.09. The summed E-state index contributed by atoms with van der Waals surface area (Å²) in [6.07, 6.45) is 1.57. The quantitative estimate of drug-likeness (QED) is 0.669. The first-order valence-corrected chi connectivity index (χ1v) is 8.66. The summed E-state index contributed by atoms with van der Waals surface area (Å²) in [5, 5.41) is 12.1. The molecule has 3 rings (SSSR count). The Morgan fingerprint density at radius 3 is 2.69 bits per heavy atom. The van der Waals surface area contributed by atoms with Gasteiger partial charge in [-0.05, 0) is 30.7 Å². The standard InChI is InChI=1S/C19H20ClN5O/c1-3-25(13-14-7-5-4-6-8-14)19-23-18(12-21-24-19)22-16-11-15(20)9-10-17(16)26-2/h4-12H,3,13H2,1-2H3,(H,22,23,24). The van der Waals surface area contributed by atoms with E-state index in [1.165, 1.54) is 5.56 Å². The Balaban J connectivity index is 1.82. The van der Waals surface area contributed by atoms with Crippen molar-refractivity contribution in [1.29, 1.82) is 0 Å². The van der Waals surface area contributed by atoms with E-state index in [1.807, 2.05) is 18.2 Å². The zero-order chi connectivity index (χ0) is 18.4. The number of ether oxygens (including phenoxy) is 1. The van der Waals surface area contributed by atoms with E-state index in [0.29, 0.717) is 29.1 Å². The lowest BCUT2D eigenvalue weighted by atomic mass is 10.2. The third-order valence-electron chi connectivity index (χ3n) is 3.85. The fourth-order valence-electron chi connectivity index (χ4n) is 2.53. The molecule has 1 N–H and O–H groups in total. The SMILES string of the molecule is CCN(Cc1ccccc1)c1nncc(Nc2cc(Cl)ccc2OC)n1. The van der Waals surface area contributed by atoms with E-state index in [1.54, 1.807) is 31.5 Å². The number of benzene rings is 2. The molecule has 3 aromatic rings. The van der Waals surface area contributed by atoms with Gasteiger partial charge >= 0.3 is 0 Å². The van der Waals surface area contributed by atoms with Gasteiger partial charge in [0.15, 0.2) is 5.82 Å². The second-order valence-corrected chi connectivity index (χ2v) is 6.05. The van der Waals surface area contributed by atoms with Crippen LogP contribution in [0.4, 0.5) is 17.5 Å². The van der Waals surface area contributed by atoms with E-state index in [2.05, 4.69) is 44.5 Å². The van der Waals surface area contributed by atoms with Crippen molar-refractivity contribution < 1.29 is 4.74 Å². The van der Waals surface area contributed by atoms with Crippen LogP contribution in [-0.4, -0.2) is 28.8 Å². The molecule has 0 radical (unpaired) electrons. The van der Waals surface area contributed by atoms with Gasteiger partial charge in [0, 0.05) is 18.1 Å². The Morgan fingerprint density at radius 2 is 1.96 bits per heavy atom. The highest BCUT2D eigenvalue weighted by Gasteiger charge is 2.11. The number of halogens is 1. The molecule has 26 heavy (non-hydrogen) atoms. The lowest BCUT2D eigenvalue weighted by Crippen LogP contribution is -2.24. The van der Waals surface area contributed by atoms with E-state index in [0.717, 1.165) is 12.2 Å². The number of hydrogen-bond donors (Lipinski definition) is 1. The number of nitrogens with one attached hydrogen (secondary N) is 1. The van der Waals surface area contributed by atoms with Crippen LogP contribution < -0.4 is 15.0 Å². The van der Waals surface area contributed by atoms with Crippen LogP contribution >= 0.6 is 11.6 Å². The van der Waals surface area contributed by atoms with Crippen molar-refractivity contribution >= 4 is 29.1 Å². The maximum Gasteiger partial charge on any atom is 0.247 e. The van der Waals surface area contributed by atoms with Gasteiger partial charge in [0.05, 0.1) is 19.0 Å². The largest absolute Gasteiger partial charge is 0.495 e. The van der Waals surface area contributed by atoms with Crippen molar-refractivity contribution in [1.82, 2.24) is 15.2 Å². The van der Waals surface area contributed by atoms with Crippen molar-refractivity contribution in [2.75, 3.05) is 23.9 Å². The summed E-state index contributed by atoms with van der Waals surface area (Å²) < 4.78 is 5.36. The maximum atomic E-state index is 6.08. The Morgan fingerprint density at radius 1 is 1.15 bits per heavy atom. The molecule has 0 saturated carbocycles. The fourth-order valence-corrected chi connectivity index (χ4v) is 2.70. The zero-order valence-corrected chi connectivity index (χ0v) is 15.4. The highest BCUT2D eigenvalue weighted by Crippen LogP contribution is 2.30. The average molecular weight is 370 g/mol. The van der Waals surface area contributed by atoms with Gasteiger partial charge < -0.3 is 15.0 Å². The Kier molecular flexibility index (Phi) is 5.86. The van der Waals surface area contributed by atoms with E-state index >= 15 is 0 Å². The van der Waals surface area contributed by atoms with Crippen LogP contribution in [0.5, 0.6) is 5.75 Å². The molecular formula is C19H20ClN5O. The molecule has 0 saturated heterocycles. The predicted molar refractivity (Wildman–Crippen MR) is 104 cm³/mol. The van der Waals surface area contributed by atoms with E-state index in [9.17, 15) is 0 Å². The molecule has 0 spiro atoms. The van der Waals surface area contributed by atoms with Crippen LogP contribution in [0.3, 0.4) is 0 Å². The molecule has 1 aromatic heterocycles. The molecule has 0 fully saturated rings. The van der Waals surface area contributed by atoms with Gasteiger partial charge in [-0.1, -0.05) is 41.9 Å². The summed E-state index contributed by atoms with van der Waals surface area (Å²) in [7, 11) is 1.61. The predicted octanol–water partition coefficient (Wildman–Crippen LogP) is 4.30. The van der Waals surface area contributed by atoms with Crippen LogP contribution in [0.1, 0.15) is 12.5 Å². The summed E-state index contributed by atoms with van der Waals surface area (Å²) in [6, 6.07) is 15.5. The molecule has 1 heterocycles. The van der Waals surface area contributed by atoms with Gasteiger partial charge in [0.2, 0.25) is 5.95 Å². The van der Waals surface area contributed by atoms with Gasteiger partial charge in [0.25, 0.3) is 0 Å².